The summed E-state index contributed by atoms with van der Waals surface area (Å²) in [5, 5.41) is 2.85. The lowest BCUT2D eigenvalue weighted by Crippen LogP contribution is -2.00. The molecule has 24 heavy (non-hydrogen) atoms. The normalized spacial score (nSPS) is 11.2. The summed E-state index contributed by atoms with van der Waals surface area (Å²) in [5.41, 5.74) is 2.08. The van der Waals surface area contributed by atoms with Crippen LogP contribution in [0.15, 0.2) is 73.6 Å². The molecule has 4 nitrogen and oxygen atoms in total. The number of fused-ring (bicyclic) bond motifs is 2. The Morgan fingerprint density at radius 2 is 1.92 bits per heavy atom. The Labute approximate surface area is 150 Å². The van der Waals surface area contributed by atoms with Crippen LogP contribution in [0.5, 0.6) is 0 Å². The van der Waals surface area contributed by atoms with Crippen molar-refractivity contribution in [3.05, 3.63) is 75.3 Å². The minimum atomic E-state index is -0.344. The van der Waals surface area contributed by atoms with Crippen molar-refractivity contribution in [2.24, 2.45) is 0 Å². The van der Waals surface area contributed by atoms with Crippen molar-refractivity contribution in [1.29, 1.82) is 0 Å². The first-order valence-electron chi connectivity index (χ1n) is 7.25. The summed E-state index contributed by atoms with van der Waals surface area (Å²) < 4.78 is 6.16. The summed E-state index contributed by atoms with van der Waals surface area (Å²) >= 11 is 4.99. The number of hydrogen-bond donors (Lipinski definition) is 0. The molecule has 2 heterocycles. The van der Waals surface area contributed by atoms with Gasteiger partial charge in [-0.3, -0.25) is 0 Å². The van der Waals surface area contributed by atoms with Gasteiger partial charge in [0, 0.05) is 27.1 Å². The second-order valence-electron chi connectivity index (χ2n) is 5.22. The van der Waals surface area contributed by atoms with Gasteiger partial charge in [-0.15, -0.1) is 11.8 Å². The average Bonchev–Trinajstić information content (AvgIpc) is 2.59. The highest BCUT2D eigenvalue weighted by Gasteiger charge is 2.09. The maximum absolute atomic E-state index is 11.8. The third-order valence-electron chi connectivity index (χ3n) is 3.66. The third kappa shape index (κ3) is 2.95. The van der Waals surface area contributed by atoms with Crippen LogP contribution in [-0.2, 0) is 5.75 Å². The van der Waals surface area contributed by atoms with Gasteiger partial charge in [-0.1, -0.05) is 34.1 Å². The highest BCUT2D eigenvalue weighted by Crippen LogP contribution is 2.30. The lowest BCUT2D eigenvalue weighted by atomic mass is 10.1. The molecule has 2 aromatic carbocycles. The van der Waals surface area contributed by atoms with Gasteiger partial charge in [0.15, 0.2) is 0 Å². The van der Waals surface area contributed by atoms with E-state index >= 15 is 0 Å². The summed E-state index contributed by atoms with van der Waals surface area (Å²) in [4.78, 5) is 20.5. The van der Waals surface area contributed by atoms with Gasteiger partial charge < -0.3 is 4.42 Å². The molecule has 0 unspecified atom stereocenters. The molecule has 0 fully saturated rings. The predicted octanol–water partition coefficient (Wildman–Crippen LogP) is 4.79. The smallest absolute Gasteiger partial charge is 0.336 e. The first-order chi connectivity index (χ1) is 11.7. The Balaban J connectivity index is 1.73. The summed E-state index contributed by atoms with van der Waals surface area (Å²) in [7, 11) is 0. The quantitative estimate of drug-likeness (QED) is 0.282. The summed E-state index contributed by atoms with van der Waals surface area (Å²) in [6, 6.07) is 15.2. The van der Waals surface area contributed by atoms with E-state index in [2.05, 4.69) is 25.9 Å². The van der Waals surface area contributed by atoms with Gasteiger partial charge in [-0.25, -0.2) is 14.8 Å². The highest BCUT2D eigenvalue weighted by molar-refractivity contribution is 9.10. The molecular formula is C18H11BrN2O2S. The van der Waals surface area contributed by atoms with Crippen molar-refractivity contribution in [2.75, 3.05) is 0 Å². The first-order valence-corrected chi connectivity index (χ1v) is 9.03. The van der Waals surface area contributed by atoms with Crippen molar-refractivity contribution in [3.8, 4) is 0 Å². The predicted molar refractivity (Wildman–Crippen MR) is 99.3 cm³/mol. The van der Waals surface area contributed by atoms with Crippen LogP contribution in [0, 0.1) is 0 Å². The van der Waals surface area contributed by atoms with E-state index in [9.17, 15) is 4.79 Å². The van der Waals surface area contributed by atoms with Crippen molar-refractivity contribution in [3.63, 3.8) is 0 Å². The minimum Gasteiger partial charge on any atom is -0.423 e. The molecule has 0 saturated carbocycles. The fourth-order valence-electron chi connectivity index (χ4n) is 2.56. The SMILES string of the molecule is O=c1cc(CSc2ncnc3ccccc23)c2ccc(Br)cc2o1. The number of halogens is 1. The molecule has 0 saturated heterocycles. The van der Waals surface area contributed by atoms with Crippen LogP contribution < -0.4 is 5.63 Å². The fourth-order valence-corrected chi connectivity index (χ4v) is 3.89. The van der Waals surface area contributed by atoms with Crippen molar-refractivity contribution < 1.29 is 4.42 Å². The van der Waals surface area contributed by atoms with Gasteiger partial charge in [-0.05, 0) is 29.8 Å². The van der Waals surface area contributed by atoms with E-state index in [1.807, 2.05) is 42.5 Å². The molecule has 4 rings (SSSR count). The monoisotopic (exact) mass is 398 g/mol. The summed E-state index contributed by atoms with van der Waals surface area (Å²) in [5.74, 6) is 0.630. The van der Waals surface area contributed by atoms with Gasteiger partial charge in [0.1, 0.15) is 16.9 Å². The van der Waals surface area contributed by atoms with Crippen LogP contribution >= 0.6 is 27.7 Å². The van der Waals surface area contributed by atoms with E-state index in [0.29, 0.717) is 11.3 Å². The maximum atomic E-state index is 11.8. The molecule has 118 valence electrons. The Morgan fingerprint density at radius 3 is 2.83 bits per heavy atom. The number of hydrogen-bond acceptors (Lipinski definition) is 5. The molecule has 4 aromatic rings. The van der Waals surface area contributed by atoms with E-state index < -0.39 is 0 Å². The van der Waals surface area contributed by atoms with E-state index in [-0.39, 0.29) is 5.63 Å². The molecule has 2 aromatic heterocycles. The topological polar surface area (TPSA) is 56.0 Å². The van der Waals surface area contributed by atoms with Gasteiger partial charge in [-0.2, -0.15) is 0 Å². The van der Waals surface area contributed by atoms with Crippen LogP contribution in [0.2, 0.25) is 0 Å². The number of nitrogens with zero attached hydrogens (tertiary/aromatic N) is 2. The Morgan fingerprint density at radius 1 is 1.04 bits per heavy atom. The van der Waals surface area contributed by atoms with Crippen LogP contribution in [0.3, 0.4) is 0 Å². The lowest BCUT2D eigenvalue weighted by molar-refractivity contribution is 0.559. The van der Waals surface area contributed by atoms with Gasteiger partial charge in [0.2, 0.25) is 0 Å². The molecule has 0 spiro atoms. The number of aromatic nitrogens is 2. The Bertz CT molecular complexity index is 1110. The molecule has 0 amide bonds. The number of thioether (sulfide) groups is 1. The van der Waals surface area contributed by atoms with Crippen LogP contribution in [-0.4, -0.2) is 9.97 Å². The van der Waals surface area contributed by atoms with E-state index in [4.69, 9.17) is 4.42 Å². The molecule has 0 aliphatic heterocycles. The van der Waals surface area contributed by atoms with Gasteiger partial charge in [0.25, 0.3) is 0 Å². The zero-order valence-corrected chi connectivity index (χ0v) is 14.8. The Hall–Kier alpha value is -2.18. The molecule has 0 bridgehead atoms. The summed E-state index contributed by atoms with van der Waals surface area (Å²) in [6.45, 7) is 0. The largest absolute Gasteiger partial charge is 0.423 e. The van der Waals surface area contributed by atoms with E-state index in [1.54, 1.807) is 24.2 Å². The second kappa shape index (κ2) is 6.37. The van der Waals surface area contributed by atoms with Gasteiger partial charge >= 0.3 is 5.63 Å². The fraction of sp³-hybridized carbons (Fsp3) is 0.0556. The highest BCUT2D eigenvalue weighted by atomic mass is 79.9. The third-order valence-corrected chi connectivity index (χ3v) is 5.21. The van der Waals surface area contributed by atoms with Crippen LogP contribution in [0.4, 0.5) is 0 Å². The summed E-state index contributed by atoms with van der Waals surface area (Å²) in [6.07, 6.45) is 1.57. The van der Waals surface area contributed by atoms with Crippen molar-refractivity contribution >= 4 is 49.6 Å². The standard InChI is InChI=1S/C18H11BrN2O2S/c19-12-5-6-13-11(7-17(22)23-16(13)8-12)9-24-18-14-3-1-2-4-15(14)20-10-21-18/h1-8,10H,9H2. The molecule has 0 radical (unpaired) electrons. The van der Waals surface area contributed by atoms with E-state index in [1.165, 1.54) is 0 Å². The van der Waals surface area contributed by atoms with Crippen LogP contribution in [0.25, 0.3) is 21.9 Å². The van der Waals surface area contributed by atoms with E-state index in [0.717, 1.165) is 31.4 Å². The lowest BCUT2D eigenvalue weighted by Gasteiger charge is -2.07. The molecule has 0 atom stereocenters. The minimum absolute atomic E-state index is 0.344. The number of para-hydroxylation sites is 1. The first kappa shape index (κ1) is 15.4. The average molecular weight is 399 g/mol. The van der Waals surface area contributed by atoms with Crippen molar-refractivity contribution in [2.45, 2.75) is 10.8 Å². The second-order valence-corrected chi connectivity index (χ2v) is 7.10. The maximum Gasteiger partial charge on any atom is 0.336 e. The molecule has 0 N–H and O–H groups in total. The van der Waals surface area contributed by atoms with Crippen LogP contribution in [0.1, 0.15) is 5.56 Å². The molecule has 0 aliphatic rings. The van der Waals surface area contributed by atoms with Crippen molar-refractivity contribution in [1.82, 2.24) is 9.97 Å². The molecular weight excluding hydrogens is 388 g/mol. The number of benzene rings is 2. The Kier molecular flexibility index (Phi) is 4.08. The number of rotatable bonds is 3. The van der Waals surface area contributed by atoms with Gasteiger partial charge in [0.05, 0.1) is 5.52 Å². The molecule has 6 heteroatoms. The molecule has 0 aliphatic carbocycles. The zero-order valence-electron chi connectivity index (χ0n) is 12.4. The zero-order chi connectivity index (χ0) is 16.5.